The van der Waals surface area contributed by atoms with Gasteiger partial charge in [-0.1, -0.05) is 23.7 Å². The van der Waals surface area contributed by atoms with Crippen LogP contribution < -0.4 is 21.5 Å². The number of nitrogens with zero attached hydrogens (tertiary/aromatic N) is 1. The first kappa shape index (κ1) is 13.1. The number of benzene rings is 1. The van der Waals surface area contributed by atoms with Crippen LogP contribution in [0, 0.1) is 5.82 Å². The van der Waals surface area contributed by atoms with Gasteiger partial charge >= 0.3 is 0 Å². The van der Waals surface area contributed by atoms with E-state index in [1.165, 1.54) is 0 Å². The van der Waals surface area contributed by atoms with Crippen LogP contribution >= 0.6 is 11.6 Å². The van der Waals surface area contributed by atoms with E-state index in [0.717, 1.165) is 0 Å². The molecular weight excluding hydrogens is 292 g/mol. The molecule has 1 heterocycles. The van der Waals surface area contributed by atoms with E-state index in [1.807, 2.05) is 35.2 Å². The van der Waals surface area contributed by atoms with Crippen molar-refractivity contribution in [1.82, 2.24) is 0 Å². The first-order valence-corrected chi connectivity index (χ1v) is 5.02. The highest BCUT2D eigenvalue weighted by Gasteiger charge is 2.09. The monoisotopic (exact) mass is 301 g/mol. The van der Waals surface area contributed by atoms with Crippen LogP contribution in [-0.2, 0) is 6.54 Å². The van der Waals surface area contributed by atoms with Gasteiger partial charge in [0.15, 0.2) is 24.8 Å². The fourth-order valence-corrected chi connectivity index (χ4v) is 1.60. The van der Waals surface area contributed by atoms with Crippen molar-refractivity contribution in [2.45, 2.75) is 6.54 Å². The largest absolute Gasteiger partial charge is 1.00 e. The van der Waals surface area contributed by atoms with Crippen molar-refractivity contribution in [3.63, 3.8) is 0 Å². The van der Waals surface area contributed by atoms with Gasteiger partial charge in [-0.3, -0.25) is 0 Å². The predicted octanol–water partition coefficient (Wildman–Crippen LogP) is -0.181. The lowest BCUT2D eigenvalue weighted by Gasteiger charge is -2.00. The van der Waals surface area contributed by atoms with Gasteiger partial charge in [-0.15, -0.1) is 0 Å². The standard InChI is InChI=1S/C12H10ClFN.BrH/c13-11-6-4-5-10(12(11)14)9-15-7-2-1-3-8-15;/h1-8H,9H2;1H/q+1;/p-1. The third-order valence-electron chi connectivity index (χ3n) is 2.16. The van der Waals surface area contributed by atoms with Crippen molar-refractivity contribution in [2.24, 2.45) is 0 Å². The minimum absolute atomic E-state index is 0. The van der Waals surface area contributed by atoms with Crippen molar-refractivity contribution < 1.29 is 25.9 Å². The van der Waals surface area contributed by atoms with E-state index in [1.54, 1.807) is 18.2 Å². The molecule has 0 aliphatic rings. The van der Waals surface area contributed by atoms with E-state index in [2.05, 4.69) is 0 Å². The summed E-state index contributed by atoms with van der Waals surface area (Å²) in [5, 5.41) is 0.170. The topological polar surface area (TPSA) is 3.88 Å². The van der Waals surface area contributed by atoms with Crippen LogP contribution in [-0.4, -0.2) is 0 Å². The molecule has 0 bridgehead atoms. The fourth-order valence-electron chi connectivity index (χ4n) is 1.41. The van der Waals surface area contributed by atoms with Crippen LogP contribution in [0.5, 0.6) is 0 Å². The molecule has 0 aliphatic heterocycles. The highest BCUT2D eigenvalue weighted by Crippen LogP contribution is 2.17. The number of pyridine rings is 1. The van der Waals surface area contributed by atoms with Gasteiger partial charge in [0.2, 0.25) is 0 Å². The average Bonchev–Trinajstić information content (AvgIpc) is 2.26. The van der Waals surface area contributed by atoms with Crippen LogP contribution in [0.3, 0.4) is 0 Å². The number of hydrogen-bond acceptors (Lipinski definition) is 0. The summed E-state index contributed by atoms with van der Waals surface area (Å²) in [6.07, 6.45) is 3.78. The summed E-state index contributed by atoms with van der Waals surface area (Å²) >= 11 is 5.70. The Labute approximate surface area is 109 Å². The molecule has 0 spiro atoms. The highest BCUT2D eigenvalue weighted by molar-refractivity contribution is 6.30. The molecule has 2 rings (SSSR count). The summed E-state index contributed by atoms with van der Waals surface area (Å²) < 4.78 is 15.4. The zero-order valence-electron chi connectivity index (χ0n) is 8.41. The maximum atomic E-state index is 13.5. The van der Waals surface area contributed by atoms with Gasteiger partial charge in [0.25, 0.3) is 0 Å². The normalized spacial score (nSPS) is 9.62. The molecule has 1 nitrogen and oxygen atoms in total. The number of rotatable bonds is 2. The van der Waals surface area contributed by atoms with Crippen LogP contribution in [0.1, 0.15) is 5.56 Å². The van der Waals surface area contributed by atoms with E-state index in [-0.39, 0.29) is 27.8 Å². The molecule has 0 fully saturated rings. The molecule has 0 atom stereocenters. The maximum Gasteiger partial charge on any atom is 0.176 e. The lowest BCUT2D eigenvalue weighted by atomic mass is 10.2. The van der Waals surface area contributed by atoms with Crippen molar-refractivity contribution in [1.29, 1.82) is 0 Å². The summed E-state index contributed by atoms with van der Waals surface area (Å²) in [5.74, 6) is -0.337. The lowest BCUT2D eigenvalue weighted by molar-refractivity contribution is -0.688. The van der Waals surface area contributed by atoms with Crippen molar-refractivity contribution in [2.75, 3.05) is 0 Å². The second-order valence-corrected chi connectivity index (χ2v) is 3.67. The summed E-state index contributed by atoms with van der Waals surface area (Å²) in [6.45, 7) is 0.493. The molecule has 0 saturated carbocycles. The van der Waals surface area contributed by atoms with E-state index < -0.39 is 0 Å². The first-order valence-electron chi connectivity index (χ1n) is 4.64. The third-order valence-corrected chi connectivity index (χ3v) is 2.45. The van der Waals surface area contributed by atoms with Crippen LogP contribution in [0.4, 0.5) is 4.39 Å². The molecule has 2 aromatic rings. The quantitative estimate of drug-likeness (QED) is 0.678. The Kier molecular flexibility index (Phi) is 4.90. The molecule has 0 amide bonds. The molecule has 16 heavy (non-hydrogen) atoms. The van der Waals surface area contributed by atoms with Gasteiger partial charge in [0.05, 0.1) is 10.6 Å². The zero-order chi connectivity index (χ0) is 10.7. The van der Waals surface area contributed by atoms with E-state index in [9.17, 15) is 4.39 Å². The van der Waals surface area contributed by atoms with Gasteiger partial charge in [-0.2, -0.15) is 0 Å². The molecular formula is C12H10BrClFN. The molecule has 0 saturated heterocycles. The number of halogens is 3. The molecule has 0 aliphatic carbocycles. The summed E-state index contributed by atoms with van der Waals surface area (Å²) in [4.78, 5) is 0. The molecule has 0 radical (unpaired) electrons. The molecule has 84 valence electrons. The van der Waals surface area contributed by atoms with Crippen molar-refractivity contribution >= 4 is 11.6 Å². The van der Waals surface area contributed by atoms with Crippen LogP contribution in [0.15, 0.2) is 48.8 Å². The lowest BCUT2D eigenvalue weighted by Crippen LogP contribution is -3.00. The average molecular weight is 303 g/mol. The van der Waals surface area contributed by atoms with Crippen LogP contribution in [0.2, 0.25) is 5.02 Å². The van der Waals surface area contributed by atoms with Gasteiger partial charge in [-0.25, -0.2) is 8.96 Å². The second-order valence-electron chi connectivity index (χ2n) is 3.26. The molecule has 4 heteroatoms. The number of aromatic nitrogens is 1. The van der Waals surface area contributed by atoms with E-state index in [4.69, 9.17) is 11.6 Å². The Morgan fingerprint density at radius 2 is 1.75 bits per heavy atom. The minimum Gasteiger partial charge on any atom is -1.00 e. The summed E-state index contributed by atoms with van der Waals surface area (Å²) in [5.41, 5.74) is 0.596. The Balaban J connectivity index is 0.00000128. The van der Waals surface area contributed by atoms with Gasteiger partial charge in [0.1, 0.15) is 0 Å². The Bertz CT molecular complexity index is 462. The van der Waals surface area contributed by atoms with Gasteiger partial charge < -0.3 is 17.0 Å². The highest BCUT2D eigenvalue weighted by atomic mass is 79.9. The second kappa shape index (κ2) is 5.97. The van der Waals surface area contributed by atoms with Gasteiger partial charge in [0, 0.05) is 12.1 Å². The molecule has 0 N–H and O–H groups in total. The number of hydrogen-bond donors (Lipinski definition) is 0. The summed E-state index contributed by atoms with van der Waals surface area (Å²) in [6, 6.07) is 10.8. The van der Waals surface area contributed by atoms with E-state index >= 15 is 0 Å². The Hall–Kier alpha value is -0.930. The van der Waals surface area contributed by atoms with Crippen molar-refractivity contribution in [3.8, 4) is 0 Å². The molecule has 0 unspecified atom stereocenters. The summed E-state index contributed by atoms with van der Waals surface area (Å²) in [7, 11) is 0. The third kappa shape index (κ3) is 3.03. The van der Waals surface area contributed by atoms with Crippen molar-refractivity contribution in [3.05, 3.63) is 65.2 Å². The molecule has 1 aromatic heterocycles. The van der Waals surface area contributed by atoms with E-state index in [0.29, 0.717) is 12.1 Å². The Morgan fingerprint density at radius 1 is 1.06 bits per heavy atom. The molecule has 1 aromatic carbocycles. The minimum atomic E-state index is -0.337. The van der Waals surface area contributed by atoms with Gasteiger partial charge in [-0.05, 0) is 12.1 Å². The fraction of sp³-hybridized carbons (Fsp3) is 0.0833. The first-order chi connectivity index (χ1) is 7.27. The van der Waals surface area contributed by atoms with Crippen LogP contribution in [0.25, 0.3) is 0 Å². The SMILES string of the molecule is Fc1c(Cl)cccc1C[n+]1ccccc1.[Br-]. The smallest absolute Gasteiger partial charge is 0.176 e. The maximum absolute atomic E-state index is 13.5. The zero-order valence-corrected chi connectivity index (χ0v) is 10.7. The Morgan fingerprint density at radius 3 is 2.44 bits per heavy atom. The predicted molar refractivity (Wildman–Crippen MR) is 57.1 cm³/mol.